The molecule has 106 valence electrons. The van der Waals surface area contributed by atoms with E-state index in [4.69, 9.17) is 0 Å². The Bertz CT molecular complexity index is 378. The largest absolute Gasteiger partial charge is 0.469 e. The third kappa shape index (κ3) is 7.23. The number of ether oxygens (including phenoxy) is 2. The Labute approximate surface area is 107 Å². The third-order valence-electron chi connectivity index (χ3n) is 2.02. The van der Waals surface area contributed by atoms with Crippen molar-refractivity contribution < 1.29 is 27.5 Å². The molecule has 1 unspecified atom stereocenters. The SMILES string of the molecule is CCOC(=O)C(C)NS(=O)(=O)CCCC(=O)OC. The molecule has 1 N–H and O–H groups in total. The van der Waals surface area contributed by atoms with Gasteiger partial charge < -0.3 is 9.47 Å². The van der Waals surface area contributed by atoms with Crippen LogP contribution in [0.1, 0.15) is 26.7 Å². The summed E-state index contributed by atoms with van der Waals surface area (Å²) in [7, 11) is -2.37. The van der Waals surface area contributed by atoms with Crippen molar-refractivity contribution in [2.45, 2.75) is 32.7 Å². The fourth-order valence-electron chi connectivity index (χ4n) is 1.15. The van der Waals surface area contributed by atoms with Gasteiger partial charge in [0.1, 0.15) is 6.04 Å². The Balaban J connectivity index is 4.15. The molecule has 0 saturated heterocycles. The fourth-order valence-corrected chi connectivity index (χ4v) is 2.43. The summed E-state index contributed by atoms with van der Waals surface area (Å²) in [5.74, 6) is -1.34. The molecule has 0 aliphatic heterocycles. The second-order valence-electron chi connectivity index (χ2n) is 3.59. The van der Waals surface area contributed by atoms with Crippen LogP contribution in [0, 0.1) is 0 Å². The first-order chi connectivity index (χ1) is 8.32. The quantitative estimate of drug-likeness (QED) is 0.619. The summed E-state index contributed by atoms with van der Waals surface area (Å²) in [6.07, 6.45) is 0.156. The predicted molar refractivity (Wildman–Crippen MR) is 64.3 cm³/mol. The Hall–Kier alpha value is -1.15. The van der Waals surface area contributed by atoms with Gasteiger partial charge in [0.2, 0.25) is 10.0 Å². The highest BCUT2D eigenvalue weighted by Gasteiger charge is 2.21. The van der Waals surface area contributed by atoms with Crippen molar-refractivity contribution in [1.29, 1.82) is 0 Å². The van der Waals surface area contributed by atoms with E-state index in [2.05, 4.69) is 14.2 Å². The number of methoxy groups -OCH3 is 1. The van der Waals surface area contributed by atoms with E-state index in [1.807, 2.05) is 0 Å². The van der Waals surface area contributed by atoms with Gasteiger partial charge in [0.15, 0.2) is 0 Å². The van der Waals surface area contributed by atoms with Gasteiger partial charge in [-0.3, -0.25) is 9.59 Å². The number of rotatable bonds is 8. The minimum absolute atomic E-state index is 0.0190. The molecule has 0 aromatic heterocycles. The number of sulfonamides is 1. The lowest BCUT2D eigenvalue weighted by Gasteiger charge is -2.12. The average Bonchev–Trinajstić information content (AvgIpc) is 2.28. The normalized spacial score (nSPS) is 12.8. The van der Waals surface area contributed by atoms with E-state index in [-0.39, 0.29) is 25.2 Å². The zero-order valence-electron chi connectivity index (χ0n) is 10.8. The molecular formula is C10H19NO6S. The molecule has 0 aromatic rings. The summed E-state index contributed by atoms with van der Waals surface area (Å²) in [6.45, 7) is 3.22. The summed E-state index contributed by atoms with van der Waals surface area (Å²) >= 11 is 0. The maximum absolute atomic E-state index is 11.5. The van der Waals surface area contributed by atoms with Crippen LogP contribution in [0.2, 0.25) is 0 Å². The molecule has 0 rings (SSSR count). The Morgan fingerprint density at radius 3 is 2.44 bits per heavy atom. The zero-order valence-corrected chi connectivity index (χ0v) is 11.6. The number of hydrogen-bond acceptors (Lipinski definition) is 6. The van der Waals surface area contributed by atoms with Gasteiger partial charge in [-0.15, -0.1) is 0 Å². The minimum atomic E-state index is -3.61. The van der Waals surface area contributed by atoms with E-state index in [9.17, 15) is 18.0 Å². The van der Waals surface area contributed by atoms with Crippen LogP contribution in [-0.2, 0) is 29.1 Å². The van der Waals surface area contributed by atoms with Crippen LogP contribution in [0.15, 0.2) is 0 Å². The molecule has 18 heavy (non-hydrogen) atoms. The minimum Gasteiger partial charge on any atom is -0.469 e. The second-order valence-corrected chi connectivity index (χ2v) is 5.46. The van der Waals surface area contributed by atoms with E-state index < -0.39 is 28.0 Å². The van der Waals surface area contributed by atoms with E-state index in [1.54, 1.807) is 6.92 Å². The van der Waals surface area contributed by atoms with E-state index >= 15 is 0 Å². The number of carbonyl (C=O) groups is 2. The van der Waals surface area contributed by atoms with Crippen LogP contribution in [-0.4, -0.2) is 45.9 Å². The standard InChI is InChI=1S/C10H19NO6S/c1-4-17-10(13)8(2)11-18(14,15)7-5-6-9(12)16-3/h8,11H,4-7H2,1-3H3. The molecule has 0 bridgehead atoms. The lowest BCUT2D eigenvalue weighted by Crippen LogP contribution is -2.40. The molecule has 0 spiro atoms. The number of nitrogens with one attached hydrogen (secondary N) is 1. The first kappa shape index (κ1) is 16.9. The van der Waals surface area contributed by atoms with Crippen molar-refractivity contribution in [3.05, 3.63) is 0 Å². The van der Waals surface area contributed by atoms with E-state index in [0.29, 0.717) is 0 Å². The molecule has 0 saturated carbocycles. The maximum Gasteiger partial charge on any atom is 0.323 e. The summed E-state index contributed by atoms with van der Waals surface area (Å²) in [5.41, 5.74) is 0. The van der Waals surface area contributed by atoms with E-state index in [1.165, 1.54) is 14.0 Å². The zero-order chi connectivity index (χ0) is 14.2. The lowest BCUT2D eigenvalue weighted by atomic mass is 10.3. The van der Waals surface area contributed by atoms with Crippen LogP contribution < -0.4 is 4.72 Å². The van der Waals surface area contributed by atoms with Crippen LogP contribution in [0.3, 0.4) is 0 Å². The monoisotopic (exact) mass is 281 g/mol. The van der Waals surface area contributed by atoms with Crippen molar-refractivity contribution in [2.24, 2.45) is 0 Å². The lowest BCUT2D eigenvalue weighted by molar-refractivity contribution is -0.144. The molecule has 0 amide bonds. The van der Waals surface area contributed by atoms with Gasteiger partial charge in [-0.2, -0.15) is 0 Å². The fraction of sp³-hybridized carbons (Fsp3) is 0.800. The van der Waals surface area contributed by atoms with Gasteiger partial charge in [0.05, 0.1) is 19.5 Å². The number of carbonyl (C=O) groups excluding carboxylic acids is 2. The molecule has 0 fully saturated rings. The molecule has 8 heteroatoms. The van der Waals surface area contributed by atoms with Crippen molar-refractivity contribution in [1.82, 2.24) is 4.72 Å². The highest BCUT2D eigenvalue weighted by atomic mass is 32.2. The molecule has 0 radical (unpaired) electrons. The van der Waals surface area contributed by atoms with Gasteiger partial charge in [-0.05, 0) is 20.3 Å². The van der Waals surface area contributed by atoms with Crippen molar-refractivity contribution in [3.63, 3.8) is 0 Å². The summed E-state index contributed by atoms with van der Waals surface area (Å²) < 4.78 is 34.3. The molecular weight excluding hydrogens is 262 g/mol. The second kappa shape index (κ2) is 8.04. The molecule has 1 atom stereocenters. The predicted octanol–water partition coefficient (Wildman–Crippen LogP) is -0.189. The molecule has 0 aliphatic carbocycles. The van der Waals surface area contributed by atoms with Gasteiger partial charge in [-0.25, -0.2) is 13.1 Å². The van der Waals surface area contributed by atoms with Gasteiger partial charge in [-0.1, -0.05) is 0 Å². The number of esters is 2. The van der Waals surface area contributed by atoms with Crippen molar-refractivity contribution >= 4 is 22.0 Å². The summed E-state index contributed by atoms with van der Waals surface area (Å²) in [6, 6.07) is -0.937. The first-order valence-corrected chi connectivity index (χ1v) is 7.21. The van der Waals surface area contributed by atoms with Crippen molar-refractivity contribution in [2.75, 3.05) is 19.5 Å². The van der Waals surface area contributed by atoms with Crippen LogP contribution >= 0.6 is 0 Å². The highest BCUT2D eigenvalue weighted by molar-refractivity contribution is 7.89. The van der Waals surface area contributed by atoms with E-state index in [0.717, 1.165) is 0 Å². The van der Waals surface area contributed by atoms with Crippen LogP contribution in [0.25, 0.3) is 0 Å². The van der Waals surface area contributed by atoms with Gasteiger partial charge in [0, 0.05) is 6.42 Å². The maximum atomic E-state index is 11.5. The molecule has 0 aliphatic rings. The smallest absolute Gasteiger partial charge is 0.323 e. The highest BCUT2D eigenvalue weighted by Crippen LogP contribution is 1.99. The Morgan fingerprint density at radius 2 is 1.94 bits per heavy atom. The molecule has 7 nitrogen and oxygen atoms in total. The first-order valence-electron chi connectivity index (χ1n) is 5.55. The summed E-state index contributed by atoms with van der Waals surface area (Å²) in [5, 5.41) is 0. The third-order valence-corrected chi connectivity index (χ3v) is 3.56. The topological polar surface area (TPSA) is 98.8 Å². The van der Waals surface area contributed by atoms with Gasteiger partial charge >= 0.3 is 11.9 Å². The number of hydrogen-bond donors (Lipinski definition) is 1. The van der Waals surface area contributed by atoms with Crippen molar-refractivity contribution in [3.8, 4) is 0 Å². The molecule has 0 heterocycles. The van der Waals surface area contributed by atoms with Gasteiger partial charge in [0.25, 0.3) is 0 Å². The molecule has 0 aromatic carbocycles. The summed E-state index contributed by atoms with van der Waals surface area (Å²) in [4.78, 5) is 22.0. The average molecular weight is 281 g/mol. The van der Waals surface area contributed by atoms with Crippen LogP contribution in [0.5, 0.6) is 0 Å². The Morgan fingerprint density at radius 1 is 1.33 bits per heavy atom. The van der Waals surface area contributed by atoms with Crippen LogP contribution in [0.4, 0.5) is 0 Å². The Kier molecular flexibility index (Phi) is 7.53.